The lowest BCUT2D eigenvalue weighted by atomic mass is 10.3. The maximum atomic E-state index is 3.26. The van der Waals surface area contributed by atoms with Gasteiger partial charge in [-0.1, -0.05) is 6.92 Å². The van der Waals surface area contributed by atoms with E-state index in [0.717, 1.165) is 19.5 Å². The summed E-state index contributed by atoms with van der Waals surface area (Å²) in [4.78, 5) is 4.79. The van der Waals surface area contributed by atoms with Crippen molar-refractivity contribution in [2.45, 2.75) is 13.3 Å². The van der Waals surface area contributed by atoms with Gasteiger partial charge in [0.1, 0.15) is 0 Å². The van der Waals surface area contributed by atoms with Crippen molar-refractivity contribution in [1.29, 1.82) is 0 Å². The summed E-state index contributed by atoms with van der Waals surface area (Å²) in [5, 5.41) is 3.26. The molecule has 1 aliphatic rings. The molecule has 0 aliphatic carbocycles. The lowest BCUT2D eigenvalue weighted by Gasteiger charge is -2.35. The van der Waals surface area contributed by atoms with Gasteiger partial charge >= 0.3 is 0 Å². The van der Waals surface area contributed by atoms with E-state index in [-0.39, 0.29) is 0 Å². The third-order valence-electron chi connectivity index (χ3n) is 2.50. The molecule has 0 atom stereocenters. The van der Waals surface area contributed by atoms with Gasteiger partial charge in [-0.15, -0.1) is 0 Å². The second-order valence-corrected chi connectivity index (χ2v) is 3.54. The lowest BCUT2D eigenvalue weighted by Crippen LogP contribution is -2.45. The van der Waals surface area contributed by atoms with E-state index in [4.69, 9.17) is 0 Å². The van der Waals surface area contributed by atoms with Crippen molar-refractivity contribution in [2.75, 3.05) is 40.3 Å². The quantitative estimate of drug-likeness (QED) is 0.695. The number of likely N-dealkylation sites (N-methyl/N-ethyl adjacent to an activating group) is 1. The van der Waals surface area contributed by atoms with Gasteiger partial charge in [-0.2, -0.15) is 0 Å². The van der Waals surface area contributed by atoms with Crippen LogP contribution in [0.1, 0.15) is 13.3 Å². The first-order chi connectivity index (χ1) is 6.27. The van der Waals surface area contributed by atoms with Crippen LogP contribution < -0.4 is 5.32 Å². The van der Waals surface area contributed by atoms with Crippen LogP contribution in [0.25, 0.3) is 0 Å². The Bertz CT molecular complexity index is 169. The molecule has 0 aromatic heterocycles. The van der Waals surface area contributed by atoms with Crippen molar-refractivity contribution in [1.82, 2.24) is 15.1 Å². The first-order valence-corrected chi connectivity index (χ1v) is 5.09. The molecule has 3 nitrogen and oxygen atoms in total. The topological polar surface area (TPSA) is 18.5 Å². The highest BCUT2D eigenvalue weighted by Crippen LogP contribution is 2.06. The van der Waals surface area contributed by atoms with Crippen LogP contribution >= 0.6 is 0 Å². The van der Waals surface area contributed by atoms with Gasteiger partial charge in [-0.25, -0.2) is 0 Å². The molecule has 1 aliphatic heterocycles. The number of hydrogen-bond acceptors (Lipinski definition) is 3. The molecule has 1 rings (SSSR count). The number of hydrogen-bond donors (Lipinski definition) is 1. The normalized spacial score (nSPS) is 20.5. The SMILES string of the molecule is CC/C=C(\NC)N1CCN(C)CC1. The largest absolute Gasteiger partial charge is 0.375 e. The zero-order chi connectivity index (χ0) is 9.68. The Kier molecular flexibility index (Phi) is 4.09. The molecule has 0 spiro atoms. The summed E-state index contributed by atoms with van der Waals surface area (Å²) in [6, 6.07) is 0. The van der Waals surface area contributed by atoms with Crippen LogP contribution in [0.2, 0.25) is 0 Å². The molecule has 1 N–H and O–H groups in total. The number of allylic oxidation sites excluding steroid dienone is 1. The minimum atomic E-state index is 1.10. The van der Waals surface area contributed by atoms with E-state index in [1.54, 1.807) is 0 Å². The molecule has 0 radical (unpaired) electrons. The zero-order valence-corrected chi connectivity index (χ0v) is 9.01. The Morgan fingerprint density at radius 3 is 2.38 bits per heavy atom. The smallest absolute Gasteiger partial charge is 0.0969 e. The summed E-state index contributed by atoms with van der Waals surface area (Å²) in [5.41, 5.74) is 0. The van der Waals surface area contributed by atoms with Crippen molar-refractivity contribution in [3.8, 4) is 0 Å². The van der Waals surface area contributed by atoms with Crippen molar-refractivity contribution in [2.24, 2.45) is 0 Å². The monoisotopic (exact) mass is 183 g/mol. The fraction of sp³-hybridized carbons (Fsp3) is 0.800. The molecule has 0 aromatic rings. The minimum absolute atomic E-state index is 1.10. The molecule has 76 valence electrons. The molecule has 3 heteroatoms. The fourth-order valence-electron chi connectivity index (χ4n) is 1.63. The van der Waals surface area contributed by atoms with Gasteiger partial charge in [0.15, 0.2) is 0 Å². The van der Waals surface area contributed by atoms with Crippen molar-refractivity contribution in [3.63, 3.8) is 0 Å². The third kappa shape index (κ3) is 2.92. The standard InChI is InChI=1S/C10H21N3/c1-4-5-10(11-2)13-8-6-12(3)7-9-13/h5,11H,4,6-9H2,1-3H3/b10-5+. The predicted octanol–water partition coefficient (Wildman–Crippen LogP) is 0.705. The average molecular weight is 183 g/mol. The molecule has 0 saturated carbocycles. The molecular weight excluding hydrogens is 162 g/mol. The minimum Gasteiger partial charge on any atom is -0.375 e. The maximum Gasteiger partial charge on any atom is 0.0969 e. The summed E-state index contributed by atoms with van der Waals surface area (Å²) >= 11 is 0. The van der Waals surface area contributed by atoms with E-state index in [9.17, 15) is 0 Å². The first kappa shape index (κ1) is 10.4. The summed E-state index contributed by atoms with van der Waals surface area (Å²) < 4.78 is 0. The Labute approximate surface area is 81.4 Å². The molecule has 1 heterocycles. The number of nitrogens with zero attached hydrogens (tertiary/aromatic N) is 2. The Morgan fingerprint density at radius 2 is 1.92 bits per heavy atom. The Morgan fingerprint density at radius 1 is 1.31 bits per heavy atom. The molecule has 1 fully saturated rings. The second-order valence-electron chi connectivity index (χ2n) is 3.54. The van der Waals surface area contributed by atoms with E-state index in [0.29, 0.717) is 0 Å². The highest BCUT2D eigenvalue weighted by atomic mass is 15.3. The highest BCUT2D eigenvalue weighted by Gasteiger charge is 2.14. The third-order valence-corrected chi connectivity index (χ3v) is 2.50. The Balaban J connectivity index is 2.46. The summed E-state index contributed by atoms with van der Waals surface area (Å²) in [6.07, 6.45) is 3.35. The van der Waals surface area contributed by atoms with E-state index >= 15 is 0 Å². The summed E-state index contributed by atoms with van der Waals surface area (Å²) in [6.45, 7) is 6.80. The van der Waals surface area contributed by atoms with Gasteiger partial charge in [0.25, 0.3) is 0 Å². The van der Waals surface area contributed by atoms with Gasteiger partial charge in [-0.3, -0.25) is 0 Å². The first-order valence-electron chi connectivity index (χ1n) is 5.09. The van der Waals surface area contributed by atoms with E-state index < -0.39 is 0 Å². The van der Waals surface area contributed by atoms with Gasteiger partial charge in [0, 0.05) is 33.2 Å². The van der Waals surface area contributed by atoms with Gasteiger partial charge in [0.2, 0.25) is 0 Å². The molecule has 0 amide bonds. The van der Waals surface area contributed by atoms with Crippen LogP contribution in [-0.2, 0) is 0 Å². The fourth-order valence-corrected chi connectivity index (χ4v) is 1.63. The number of nitrogens with one attached hydrogen (secondary N) is 1. The summed E-state index contributed by atoms with van der Waals surface area (Å²) in [7, 11) is 4.18. The number of rotatable bonds is 3. The van der Waals surface area contributed by atoms with E-state index in [1.807, 2.05) is 7.05 Å². The van der Waals surface area contributed by atoms with Crippen LogP contribution in [0.15, 0.2) is 11.9 Å². The zero-order valence-electron chi connectivity index (χ0n) is 9.01. The maximum absolute atomic E-state index is 3.26. The van der Waals surface area contributed by atoms with Crippen LogP contribution in [0, 0.1) is 0 Å². The van der Waals surface area contributed by atoms with E-state index in [1.165, 1.54) is 18.9 Å². The molecule has 0 unspecified atom stereocenters. The average Bonchev–Trinajstić information content (AvgIpc) is 2.16. The van der Waals surface area contributed by atoms with Crippen LogP contribution in [0.5, 0.6) is 0 Å². The molecule has 0 aromatic carbocycles. The second kappa shape index (κ2) is 5.12. The lowest BCUT2D eigenvalue weighted by molar-refractivity contribution is 0.179. The van der Waals surface area contributed by atoms with Crippen LogP contribution in [0.3, 0.4) is 0 Å². The highest BCUT2D eigenvalue weighted by molar-refractivity contribution is 4.99. The predicted molar refractivity (Wildman–Crippen MR) is 56.5 cm³/mol. The van der Waals surface area contributed by atoms with Gasteiger partial charge in [-0.05, 0) is 19.5 Å². The van der Waals surface area contributed by atoms with Crippen molar-refractivity contribution >= 4 is 0 Å². The molecule has 13 heavy (non-hydrogen) atoms. The molecular formula is C10H21N3. The Hall–Kier alpha value is -0.700. The molecule has 0 bridgehead atoms. The van der Waals surface area contributed by atoms with Crippen molar-refractivity contribution in [3.05, 3.63) is 11.9 Å². The van der Waals surface area contributed by atoms with Crippen LogP contribution in [0.4, 0.5) is 0 Å². The summed E-state index contributed by atoms with van der Waals surface area (Å²) in [5.74, 6) is 1.29. The van der Waals surface area contributed by atoms with Gasteiger partial charge in [0.05, 0.1) is 5.82 Å². The van der Waals surface area contributed by atoms with E-state index in [2.05, 4.69) is 35.2 Å². The molecule has 1 saturated heterocycles. The van der Waals surface area contributed by atoms with Gasteiger partial charge < -0.3 is 15.1 Å². The van der Waals surface area contributed by atoms with Crippen molar-refractivity contribution < 1.29 is 0 Å². The van der Waals surface area contributed by atoms with Crippen LogP contribution in [-0.4, -0.2) is 50.1 Å². The number of piperazine rings is 1.